The molecule has 0 bridgehead atoms. The van der Waals surface area contributed by atoms with E-state index < -0.39 is 160 Å². The maximum absolute atomic E-state index is 13.1. The first-order valence-corrected chi connectivity index (χ1v) is 28.7. The zero-order chi connectivity index (χ0) is 60.9. The largest absolute Gasteiger partial charge is 0.505 e. The summed E-state index contributed by atoms with van der Waals surface area (Å²) in [5.74, 6) is -3.98. The molecule has 436 valence electrons. The number of nitrogens with zero attached hydrogens (tertiary/aromatic N) is 9. The Balaban J connectivity index is 1.35. The molecule has 37 nitrogen and oxygen atoms in total. The van der Waals surface area contributed by atoms with Gasteiger partial charge < -0.3 is 21.1 Å². The summed E-state index contributed by atoms with van der Waals surface area (Å²) in [5, 5.41) is 109. The molecule has 12 N–H and O–H groups in total. The first-order valence-electron chi connectivity index (χ1n) is 20.7. The van der Waals surface area contributed by atoms with Gasteiger partial charge in [-0.05, 0) is 78.9 Å². The number of rotatable bonds is 23. The zero-order valence-corrected chi connectivity index (χ0v) is 45.2. The molecular formula is C39H26N10O27S7. The molecule has 0 spiro atoms. The van der Waals surface area contributed by atoms with Crippen LogP contribution < -0.4 is 5.73 Å². The van der Waals surface area contributed by atoms with Crippen LogP contribution in [0.3, 0.4) is 0 Å². The second-order valence-corrected chi connectivity index (χ2v) is 23.1. The summed E-state index contributed by atoms with van der Waals surface area (Å²) in [7, 11) is -21.6. The lowest BCUT2D eigenvalue weighted by Gasteiger charge is -2.15. The van der Waals surface area contributed by atoms with E-state index in [1.54, 1.807) is 0 Å². The van der Waals surface area contributed by atoms with Crippen molar-refractivity contribution in [1.29, 1.82) is 0 Å². The number of carboxylic acid groups (broad SMARTS) is 1. The molecule has 0 heterocycles. The van der Waals surface area contributed by atoms with Crippen molar-refractivity contribution in [2.24, 2.45) is 40.9 Å². The normalized spacial score (nSPS) is 12.8. The topological polar surface area (TPSA) is 579 Å². The second kappa shape index (κ2) is 25.3. The number of phenolic OH excluding ortho intramolecular Hbond substituents is 2. The van der Waals surface area contributed by atoms with Gasteiger partial charge in [-0.25, -0.2) is 20.6 Å². The van der Waals surface area contributed by atoms with Crippen molar-refractivity contribution in [2.75, 3.05) is 5.73 Å². The molecule has 0 radical (unpaired) electrons. The number of carbonyl (C=O) groups is 1. The van der Waals surface area contributed by atoms with Crippen molar-refractivity contribution in [3.63, 3.8) is 0 Å². The van der Waals surface area contributed by atoms with Gasteiger partial charge in [-0.1, -0.05) is 15.1 Å². The van der Waals surface area contributed by atoms with Crippen molar-refractivity contribution in [3.05, 3.63) is 101 Å². The van der Waals surface area contributed by atoms with Crippen LogP contribution in [0.1, 0.15) is 10.4 Å². The molecule has 7 rings (SSSR count). The average Bonchev–Trinajstić information content (AvgIpc) is 1.63. The zero-order valence-electron chi connectivity index (χ0n) is 39.5. The van der Waals surface area contributed by atoms with E-state index in [9.17, 15) is 82.1 Å². The smallest absolute Gasteiger partial charge is 0.337 e. The molecule has 83 heavy (non-hydrogen) atoms. The highest BCUT2D eigenvalue weighted by Crippen LogP contribution is 2.51. The van der Waals surface area contributed by atoms with Gasteiger partial charge in [0.15, 0.2) is 17.2 Å². The number of nitro benzene ring substituents is 1. The average molecular weight is 1290 g/mol. The molecule has 0 atom stereocenters. The summed E-state index contributed by atoms with van der Waals surface area (Å²) in [6.45, 7) is 0. The summed E-state index contributed by atoms with van der Waals surface area (Å²) >= 11 is 0.542. The number of anilines is 1. The van der Waals surface area contributed by atoms with Crippen molar-refractivity contribution in [3.8, 4) is 11.5 Å². The van der Waals surface area contributed by atoms with Crippen LogP contribution in [0.4, 0.5) is 56.9 Å². The summed E-state index contributed by atoms with van der Waals surface area (Å²) < 4.78 is 155. The van der Waals surface area contributed by atoms with Crippen LogP contribution in [0.15, 0.2) is 160 Å². The van der Waals surface area contributed by atoms with E-state index in [0.717, 1.165) is 60.7 Å². The van der Waals surface area contributed by atoms with Crippen molar-refractivity contribution in [2.45, 2.75) is 34.3 Å². The Labute approximate surface area is 472 Å². The van der Waals surface area contributed by atoms with Gasteiger partial charge in [-0.3, -0.25) is 28.3 Å². The lowest BCUT2D eigenvalue weighted by molar-refractivity contribution is -0.432. The van der Waals surface area contributed by atoms with Crippen molar-refractivity contribution in [1.82, 2.24) is 0 Å². The van der Waals surface area contributed by atoms with Crippen LogP contribution in [-0.4, -0.2) is 93.9 Å². The predicted octanol–water partition coefficient (Wildman–Crippen LogP) is 10.5. The molecule has 7 aromatic rings. The fraction of sp³-hybridized carbons (Fsp3) is 0. The summed E-state index contributed by atoms with van der Waals surface area (Å²) in [6, 6.07) is 11.9. The highest BCUT2D eigenvalue weighted by Gasteiger charge is 2.30. The van der Waals surface area contributed by atoms with Gasteiger partial charge in [0, 0.05) is 27.1 Å². The second-order valence-electron chi connectivity index (χ2n) is 15.3. The molecule has 0 aliphatic rings. The number of aromatic hydroxyl groups is 2. The number of hydrogen-bond donors (Lipinski definition) is 11. The minimum absolute atomic E-state index is 0.00294. The maximum atomic E-state index is 13.1. The first kappa shape index (κ1) is 62.7. The van der Waals surface area contributed by atoms with Gasteiger partial charge in [0.25, 0.3) is 46.2 Å². The number of carboxylic acids is 1. The Bertz CT molecular complexity index is 4420. The Morgan fingerprint density at radius 3 is 1.72 bits per heavy atom. The fourth-order valence-electron chi connectivity index (χ4n) is 7.01. The highest BCUT2D eigenvalue weighted by molar-refractivity contribution is 7.95. The fourth-order valence-corrected chi connectivity index (χ4v) is 11.0. The van der Waals surface area contributed by atoms with Crippen LogP contribution in [0.25, 0.3) is 21.5 Å². The van der Waals surface area contributed by atoms with Gasteiger partial charge in [0.05, 0.1) is 78.1 Å². The number of nitrogen functional groups attached to an aromatic ring is 1. The number of azo groups is 4. The van der Waals surface area contributed by atoms with E-state index in [4.69, 9.17) is 21.5 Å². The molecule has 0 amide bonds. The van der Waals surface area contributed by atoms with Crippen LogP contribution in [0, 0.1) is 10.1 Å². The Kier molecular flexibility index (Phi) is 19.1. The van der Waals surface area contributed by atoms with Gasteiger partial charge in [-0.15, -0.1) is 48.8 Å². The number of nitrogens with two attached hydrogens (primary N) is 1. The quantitative estimate of drug-likeness (QED) is 0.00539. The van der Waals surface area contributed by atoms with Crippen LogP contribution in [-0.2, 0) is 68.6 Å². The van der Waals surface area contributed by atoms with Crippen molar-refractivity contribution >= 4 is 161 Å². The van der Waals surface area contributed by atoms with E-state index in [1.807, 2.05) is 0 Å². The van der Waals surface area contributed by atoms with E-state index in [2.05, 4.69) is 69.0 Å². The Morgan fingerprint density at radius 2 is 1.11 bits per heavy atom. The van der Waals surface area contributed by atoms with E-state index in [0.29, 0.717) is 30.2 Å². The lowest BCUT2D eigenvalue weighted by atomic mass is 10.0. The van der Waals surface area contributed by atoms with Gasteiger partial charge in [0.1, 0.15) is 48.8 Å². The molecule has 0 aliphatic heterocycles. The summed E-state index contributed by atoms with van der Waals surface area (Å²) in [4.78, 5) is 17.4. The number of nitro groups is 1. The molecule has 7 aromatic carbocycles. The number of phenols is 2. The third-order valence-corrected chi connectivity index (χ3v) is 15.8. The van der Waals surface area contributed by atoms with Gasteiger partial charge in [0.2, 0.25) is 0 Å². The summed E-state index contributed by atoms with van der Waals surface area (Å²) in [5.41, 5.74) is -0.985. The minimum atomic E-state index is -5.68. The van der Waals surface area contributed by atoms with E-state index >= 15 is 0 Å². The van der Waals surface area contributed by atoms with Crippen LogP contribution in [0.2, 0.25) is 0 Å². The third kappa shape index (κ3) is 14.3. The predicted molar refractivity (Wildman–Crippen MR) is 277 cm³/mol. The molecule has 0 aromatic heterocycles. The Morgan fingerprint density at radius 1 is 0.530 bits per heavy atom. The van der Waals surface area contributed by atoms with Crippen molar-refractivity contribution < 1.29 is 121 Å². The van der Waals surface area contributed by atoms with Crippen LogP contribution >= 0.6 is 36.1 Å². The third-order valence-electron chi connectivity index (χ3n) is 10.4. The lowest BCUT2D eigenvalue weighted by Crippen LogP contribution is -2.03. The van der Waals surface area contributed by atoms with E-state index in [-0.39, 0.29) is 45.3 Å². The first-order chi connectivity index (χ1) is 39.0. The maximum Gasteiger partial charge on any atom is 0.337 e. The Hall–Kier alpha value is -7.94. The molecular weight excluding hydrogens is 1260 g/mol. The highest BCUT2D eigenvalue weighted by atomic mass is 32.2. The van der Waals surface area contributed by atoms with E-state index in [1.165, 1.54) is 6.07 Å². The molecule has 44 heteroatoms. The molecule has 0 aliphatic carbocycles. The SMILES string of the molecule is Nc1c(N=Nc2ccc3c(O)c(N=Nc4ccc(N=Nc5cc(S(=O)(=O)O)ccc5C(=O)O)cc4SOOO)c(S(=O)(=O)O)cc3c2S(=O)(=O)O)cc(S(=O)(=O)O)c2cc(SOOO)c(N=Nc3ccc(SOOO)cc3[N+](=O)[O-])c(O)c12. The number of fused-ring (bicyclic) bond motifs is 2. The van der Waals surface area contributed by atoms with Crippen LogP contribution in [0.5, 0.6) is 11.5 Å². The number of hydrogen-bond acceptors (Lipinski definition) is 34. The minimum Gasteiger partial charge on any atom is -0.505 e. The molecule has 0 saturated heterocycles. The van der Waals surface area contributed by atoms with Gasteiger partial charge in [-0.2, -0.15) is 38.8 Å². The molecule has 0 unspecified atom stereocenters. The standard InChI is InChI=1S/C39H26N10O27S7/c40-33-26(14-30(81(62,63)64)21-12-29(79-76-73-58)34(37(51)32(21)33)47-42-22-7-2-16(77-74-71-56)10-27(22)49(54)55)46-44-24-8-5-18-20(38(24)83(68,69)70)13-31(82(65,66)67)35(36(18)50)48-43-23-6-1-15(9-28(23)78-75-72-57)41-45-25-11-17(80(59,60)61)3-4-19(25)39(52)53/h1-14,50-51,56-58H,40H2,(H,52,53)(H,59,60,61)(H,62,63,64)(H,65,66,67)(H,68,69,70). The number of aromatic carboxylic acids is 1. The summed E-state index contributed by atoms with van der Waals surface area (Å²) in [6.07, 6.45) is 0. The molecule has 0 saturated carbocycles. The monoisotopic (exact) mass is 1290 g/mol. The molecule has 0 fully saturated rings. The number of benzene rings is 7. The van der Waals surface area contributed by atoms with Gasteiger partial charge >= 0.3 is 5.97 Å².